The van der Waals surface area contributed by atoms with Crippen LogP contribution in [0.4, 0.5) is 0 Å². The summed E-state index contributed by atoms with van der Waals surface area (Å²) in [4.78, 5) is 25.5. The predicted octanol–water partition coefficient (Wildman–Crippen LogP) is 3.02. The minimum Gasteiger partial charge on any atom is -0.231 e. The highest BCUT2D eigenvalue weighted by atomic mass is 32.3. The fourth-order valence-electron chi connectivity index (χ4n) is 1.37. The van der Waals surface area contributed by atoms with Crippen molar-refractivity contribution in [3.05, 3.63) is 55.4 Å². The first-order chi connectivity index (χ1) is 10.9. The van der Waals surface area contributed by atoms with Crippen molar-refractivity contribution in [3.63, 3.8) is 0 Å². The van der Waals surface area contributed by atoms with Gasteiger partial charge >= 0.3 is 0 Å². The molecule has 0 aliphatic rings. The Kier molecular flexibility index (Phi) is 5.57. The number of hydrogen-bond acceptors (Lipinski definition) is 9. The third-order valence-corrected chi connectivity index (χ3v) is 5.81. The standard InChI is InChI=1S/C13H10N6S3/c1-4-14-10(15-5-1)20-13(21-11-16-6-2-7-17-11)22-12-18-8-3-9-19-12/h1-9,13H. The second-order valence-electron chi connectivity index (χ2n) is 3.74. The van der Waals surface area contributed by atoms with E-state index in [0.29, 0.717) is 15.5 Å². The molecule has 6 nitrogen and oxygen atoms in total. The lowest BCUT2D eigenvalue weighted by Gasteiger charge is -2.12. The highest BCUT2D eigenvalue weighted by Gasteiger charge is 2.18. The number of hydrogen-bond donors (Lipinski definition) is 0. The van der Waals surface area contributed by atoms with E-state index in [1.807, 2.05) is 0 Å². The van der Waals surface area contributed by atoms with E-state index in [1.54, 1.807) is 55.4 Å². The topological polar surface area (TPSA) is 77.3 Å². The van der Waals surface area contributed by atoms with Crippen molar-refractivity contribution in [1.82, 2.24) is 29.9 Å². The zero-order valence-electron chi connectivity index (χ0n) is 11.2. The summed E-state index contributed by atoms with van der Waals surface area (Å²) in [5.41, 5.74) is 0. The van der Waals surface area contributed by atoms with Crippen molar-refractivity contribution in [3.8, 4) is 0 Å². The molecule has 0 atom stereocenters. The van der Waals surface area contributed by atoms with Gasteiger partial charge in [-0.05, 0) is 18.2 Å². The lowest BCUT2D eigenvalue weighted by molar-refractivity contribution is 0.959. The van der Waals surface area contributed by atoms with Gasteiger partial charge in [0.1, 0.15) is 3.91 Å². The molecule has 3 aromatic heterocycles. The molecule has 0 saturated heterocycles. The largest absolute Gasteiger partial charge is 0.231 e. The number of aromatic nitrogens is 6. The van der Waals surface area contributed by atoms with Crippen molar-refractivity contribution in [2.24, 2.45) is 0 Å². The molecule has 110 valence electrons. The van der Waals surface area contributed by atoms with Gasteiger partial charge in [-0.2, -0.15) is 0 Å². The van der Waals surface area contributed by atoms with Crippen molar-refractivity contribution in [1.29, 1.82) is 0 Å². The highest BCUT2D eigenvalue weighted by molar-refractivity contribution is 8.32. The lowest BCUT2D eigenvalue weighted by Crippen LogP contribution is -1.98. The SMILES string of the molecule is c1cnc(SC(Sc2ncccn2)Sc2ncccn2)nc1. The molecule has 0 radical (unpaired) electrons. The molecule has 0 bridgehead atoms. The minimum atomic E-state index is 0.00667. The van der Waals surface area contributed by atoms with Crippen LogP contribution in [0, 0.1) is 0 Å². The Balaban J connectivity index is 1.75. The summed E-state index contributed by atoms with van der Waals surface area (Å²) in [6.45, 7) is 0. The molecule has 3 rings (SSSR count). The van der Waals surface area contributed by atoms with Crippen LogP contribution < -0.4 is 0 Å². The van der Waals surface area contributed by atoms with Crippen molar-refractivity contribution < 1.29 is 0 Å². The molecule has 0 saturated carbocycles. The van der Waals surface area contributed by atoms with Crippen LogP contribution in [-0.4, -0.2) is 33.8 Å². The molecule has 9 heteroatoms. The summed E-state index contributed by atoms with van der Waals surface area (Å²) < 4.78 is 0.00667. The monoisotopic (exact) mass is 346 g/mol. The maximum atomic E-state index is 4.25. The lowest BCUT2D eigenvalue weighted by atomic mass is 10.7. The molecule has 0 N–H and O–H groups in total. The molecule has 0 amide bonds. The summed E-state index contributed by atoms with van der Waals surface area (Å²) >= 11 is 4.57. The number of thioether (sulfide) groups is 3. The normalized spacial score (nSPS) is 10.8. The highest BCUT2D eigenvalue weighted by Crippen LogP contribution is 2.41. The maximum absolute atomic E-state index is 4.25. The average molecular weight is 346 g/mol. The third kappa shape index (κ3) is 4.65. The zero-order valence-corrected chi connectivity index (χ0v) is 13.6. The quantitative estimate of drug-likeness (QED) is 0.380. The van der Waals surface area contributed by atoms with E-state index in [2.05, 4.69) is 29.9 Å². The molecule has 3 aromatic rings. The van der Waals surface area contributed by atoms with Crippen molar-refractivity contribution >= 4 is 35.3 Å². The predicted molar refractivity (Wildman–Crippen MR) is 87.5 cm³/mol. The molecule has 22 heavy (non-hydrogen) atoms. The van der Waals surface area contributed by atoms with Crippen LogP contribution in [0.5, 0.6) is 0 Å². The first-order valence-corrected chi connectivity index (χ1v) is 8.85. The number of nitrogens with zero attached hydrogens (tertiary/aromatic N) is 6. The summed E-state index contributed by atoms with van der Waals surface area (Å²) in [5.74, 6) is 0. The molecule has 0 aromatic carbocycles. The van der Waals surface area contributed by atoms with Gasteiger partial charge in [-0.25, -0.2) is 29.9 Å². The second-order valence-corrected chi connectivity index (χ2v) is 7.85. The van der Waals surface area contributed by atoms with Crippen molar-refractivity contribution in [2.75, 3.05) is 0 Å². The Morgan fingerprint density at radius 3 is 1.05 bits per heavy atom. The fraction of sp³-hybridized carbons (Fsp3) is 0.0769. The van der Waals surface area contributed by atoms with Crippen LogP contribution in [0.3, 0.4) is 0 Å². The smallest absolute Gasteiger partial charge is 0.189 e. The molecule has 0 aliphatic heterocycles. The first kappa shape index (κ1) is 15.2. The average Bonchev–Trinajstić information content (AvgIpc) is 2.57. The number of rotatable bonds is 6. The first-order valence-electron chi connectivity index (χ1n) is 6.21. The van der Waals surface area contributed by atoms with Crippen LogP contribution in [0.25, 0.3) is 0 Å². The second kappa shape index (κ2) is 8.06. The summed E-state index contributed by atoms with van der Waals surface area (Å²) in [6.07, 6.45) is 10.3. The van der Waals surface area contributed by atoms with E-state index < -0.39 is 0 Å². The van der Waals surface area contributed by atoms with E-state index >= 15 is 0 Å². The van der Waals surface area contributed by atoms with E-state index in [4.69, 9.17) is 0 Å². The van der Waals surface area contributed by atoms with Gasteiger partial charge in [-0.1, -0.05) is 35.3 Å². The summed E-state index contributed by atoms with van der Waals surface area (Å²) in [7, 11) is 0. The summed E-state index contributed by atoms with van der Waals surface area (Å²) in [6, 6.07) is 5.37. The van der Waals surface area contributed by atoms with Gasteiger partial charge < -0.3 is 0 Å². The van der Waals surface area contributed by atoms with Crippen LogP contribution in [0.2, 0.25) is 0 Å². The van der Waals surface area contributed by atoms with Crippen LogP contribution in [0.1, 0.15) is 0 Å². The van der Waals surface area contributed by atoms with Gasteiger partial charge in [0.05, 0.1) is 0 Å². The maximum Gasteiger partial charge on any atom is 0.189 e. The van der Waals surface area contributed by atoms with Gasteiger partial charge in [-0.3, -0.25) is 0 Å². The fourth-order valence-corrected chi connectivity index (χ4v) is 4.74. The van der Waals surface area contributed by atoms with Crippen molar-refractivity contribution in [2.45, 2.75) is 19.4 Å². The van der Waals surface area contributed by atoms with E-state index in [9.17, 15) is 0 Å². The van der Waals surface area contributed by atoms with Crippen LogP contribution in [0.15, 0.2) is 70.8 Å². The summed E-state index contributed by atoms with van der Waals surface area (Å²) in [5, 5.41) is 2.08. The molecule has 0 unspecified atom stereocenters. The molecular formula is C13H10N6S3. The minimum absolute atomic E-state index is 0.00667. The molecular weight excluding hydrogens is 336 g/mol. The van der Waals surface area contributed by atoms with Gasteiger partial charge in [0.25, 0.3) is 0 Å². The Morgan fingerprint density at radius 1 is 0.500 bits per heavy atom. The van der Waals surface area contributed by atoms with Crippen LogP contribution in [-0.2, 0) is 0 Å². The van der Waals surface area contributed by atoms with Crippen LogP contribution >= 0.6 is 35.3 Å². The Bertz CT molecular complexity index is 587. The van der Waals surface area contributed by atoms with Gasteiger partial charge in [0.2, 0.25) is 0 Å². The molecule has 0 fully saturated rings. The van der Waals surface area contributed by atoms with Gasteiger partial charge in [-0.15, -0.1) is 0 Å². The van der Waals surface area contributed by atoms with E-state index in [1.165, 1.54) is 35.3 Å². The molecule has 0 spiro atoms. The Labute approximate surface area is 140 Å². The van der Waals surface area contributed by atoms with Gasteiger partial charge in [0.15, 0.2) is 15.5 Å². The zero-order chi connectivity index (χ0) is 15.0. The van der Waals surface area contributed by atoms with E-state index in [-0.39, 0.29) is 3.91 Å². The molecule has 3 heterocycles. The van der Waals surface area contributed by atoms with E-state index in [0.717, 1.165) is 0 Å². The Morgan fingerprint density at radius 2 is 0.773 bits per heavy atom. The van der Waals surface area contributed by atoms with Gasteiger partial charge in [0, 0.05) is 37.2 Å². The third-order valence-electron chi connectivity index (χ3n) is 2.23. The Hall–Kier alpha value is -1.71. The molecule has 0 aliphatic carbocycles.